The summed E-state index contributed by atoms with van der Waals surface area (Å²) in [6.07, 6.45) is 0.708. The van der Waals surface area contributed by atoms with E-state index >= 15 is 0 Å². The molecule has 1 N–H and O–H groups in total. The molecule has 2 rings (SSSR count). The Hall–Kier alpha value is -1.95. The van der Waals surface area contributed by atoms with Crippen molar-refractivity contribution in [3.63, 3.8) is 0 Å². The molecule has 1 aromatic rings. The maximum Gasteiger partial charge on any atom is 0.225 e. The summed E-state index contributed by atoms with van der Waals surface area (Å²) in [6.45, 7) is 0.508. The van der Waals surface area contributed by atoms with E-state index in [2.05, 4.69) is 5.32 Å². The molecule has 0 saturated carbocycles. The van der Waals surface area contributed by atoms with Gasteiger partial charge in [-0.3, -0.25) is 4.79 Å². The zero-order chi connectivity index (χ0) is 14.5. The number of carbonyl (C=O) groups is 2. The lowest BCUT2D eigenvalue weighted by molar-refractivity contribution is -0.314. The lowest BCUT2D eigenvalue weighted by Gasteiger charge is -2.23. The van der Waals surface area contributed by atoms with Crippen molar-refractivity contribution in [3.8, 4) is 0 Å². The van der Waals surface area contributed by atoms with E-state index in [4.69, 9.17) is 4.74 Å². The van der Waals surface area contributed by atoms with Gasteiger partial charge in [-0.25, -0.2) is 4.39 Å². The largest absolute Gasteiger partial charge is 0.550 e. The van der Waals surface area contributed by atoms with Crippen LogP contribution in [0.1, 0.15) is 19.3 Å². The Labute approximate surface area is 115 Å². The van der Waals surface area contributed by atoms with Gasteiger partial charge in [-0.15, -0.1) is 0 Å². The van der Waals surface area contributed by atoms with Crippen molar-refractivity contribution in [2.24, 2.45) is 5.92 Å². The molecule has 1 saturated heterocycles. The molecule has 1 amide bonds. The van der Waals surface area contributed by atoms with Crippen LogP contribution in [0.2, 0.25) is 0 Å². The zero-order valence-corrected chi connectivity index (χ0v) is 10.8. The van der Waals surface area contributed by atoms with Gasteiger partial charge in [0, 0.05) is 30.6 Å². The molecule has 0 aliphatic carbocycles. The number of benzene rings is 1. The van der Waals surface area contributed by atoms with E-state index in [1.165, 1.54) is 24.3 Å². The zero-order valence-electron chi connectivity index (χ0n) is 10.8. The van der Waals surface area contributed by atoms with Gasteiger partial charge in [0.25, 0.3) is 0 Å². The number of carbonyl (C=O) groups excluding carboxylic acids is 2. The van der Waals surface area contributed by atoms with Crippen molar-refractivity contribution in [2.75, 3.05) is 11.9 Å². The van der Waals surface area contributed by atoms with E-state index < -0.39 is 29.7 Å². The van der Waals surface area contributed by atoms with Crippen LogP contribution in [0.3, 0.4) is 0 Å². The number of carboxylic acids is 1. The van der Waals surface area contributed by atoms with E-state index in [1.54, 1.807) is 0 Å². The van der Waals surface area contributed by atoms with Crippen LogP contribution in [-0.2, 0) is 14.3 Å². The number of rotatable bonds is 5. The lowest BCUT2D eigenvalue weighted by atomic mass is 9.96. The summed E-state index contributed by atoms with van der Waals surface area (Å²) in [5, 5.41) is 13.6. The topological polar surface area (TPSA) is 78.5 Å². The van der Waals surface area contributed by atoms with Gasteiger partial charge in [0.1, 0.15) is 5.82 Å². The maximum absolute atomic E-state index is 12.7. The van der Waals surface area contributed by atoms with E-state index in [0.717, 1.165) is 6.42 Å². The fraction of sp³-hybridized carbons (Fsp3) is 0.429. The fourth-order valence-corrected chi connectivity index (χ4v) is 2.23. The van der Waals surface area contributed by atoms with Gasteiger partial charge in [-0.05, 0) is 37.1 Å². The monoisotopic (exact) mass is 280 g/mol. The van der Waals surface area contributed by atoms with Gasteiger partial charge in [-0.1, -0.05) is 0 Å². The molecular formula is C14H15FNO4-. The van der Waals surface area contributed by atoms with E-state index in [0.29, 0.717) is 18.7 Å². The summed E-state index contributed by atoms with van der Waals surface area (Å²) in [4.78, 5) is 22.9. The summed E-state index contributed by atoms with van der Waals surface area (Å²) in [5.41, 5.74) is 0.417. The molecule has 1 aliphatic rings. The summed E-state index contributed by atoms with van der Waals surface area (Å²) in [7, 11) is 0. The quantitative estimate of drug-likeness (QED) is 0.861. The van der Waals surface area contributed by atoms with Crippen LogP contribution in [0.25, 0.3) is 0 Å². The summed E-state index contributed by atoms with van der Waals surface area (Å²) in [6, 6.07) is 5.25. The molecule has 0 radical (unpaired) electrons. The van der Waals surface area contributed by atoms with Gasteiger partial charge in [0.2, 0.25) is 5.91 Å². The number of anilines is 1. The molecule has 20 heavy (non-hydrogen) atoms. The Bertz CT molecular complexity index is 482. The van der Waals surface area contributed by atoms with E-state index in [9.17, 15) is 19.1 Å². The molecule has 6 heteroatoms. The van der Waals surface area contributed by atoms with Crippen LogP contribution in [0.15, 0.2) is 24.3 Å². The predicted molar refractivity (Wildman–Crippen MR) is 67.1 cm³/mol. The van der Waals surface area contributed by atoms with Crippen molar-refractivity contribution in [1.29, 1.82) is 0 Å². The molecule has 1 fully saturated rings. The standard InChI is InChI=1S/C14H16FNO4/c15-9-3-5-10(6-4-9)16-13(17)8-11(14(18)19)12-2-1-7-20-12/h3-6,11-12H,1-2,7-8H2,(H,16,17)(H,18,19)/p-1/t11-,12-/m0/s1. The van der Waals surface area contributed by atoms with Crippen LogP contribution in [0.5, 0.6) is 0 Å². The van der Waals surface area contributed by atoms with Gasteiger partial charge in [-0.2, -0.15) is 0 Å². The summed E-state index contributed by atoms with van der Waals surface area (Å²) in [5.74, 6) is -3.11. The third-order valence-electron chi connectivity index (χ3n) is 3.25. The first kappa shape index (κ1) is 14.5. The maximum atomic E-state index is 12.7. The van der Waals surface area contributed by atoms with Crippen molar-refractivity contribution < 1.29 is 23.8 Å². The highest BCUT2D eigenvalue weighted by atomic mass is 19.1. The minimum absolute atomic E-state index is 0.218. The number of nitrogens with one attached hydrogen (secondary N) is 1. The van der Waals surface area contributed by atoms with Crippen LogP contribution in [0.4, 0.5) is 10.1 Å². The smallest absolute Gasteiger partial charge is 0.225 e. The van der Waals surface area contributed by atoms with Gasteiger partial charge >= 0.3 is 0 Å². The van der Waals surface area contributed by atoms with E-state index in [-0.39, 0.29) is 6.42 Å². The Morgan fingerprint density at radius 1 is 1.40 bits per heavy atom. The van der Waals surface area contributed by atoms with Gasteiger partial charge in [0.15, 0.2) is 0 Å². The van der Waals surface area contributed by atoms with Gasteiger partial charge < -0.3 is 20.0 Å². The number of hydrogen-bond donors (Lipinski definition) is 1. The second kappa shape index (κ2) is 6.47. The van der Waals surface area contributed by atoms with Crippen LogP contribution >= 0.6 is 0 Å². The Morgan fingerprint density at radius 2 is 2.10 bits per heavy atom. The van der Waals surface area contributed by atoms with Crippen molar-refractivity contribution in [2.45, 2.75) is 25.4 Å². The molecule has 1 heterocycles. The second-order valence-electron chi connectivity index (χ2n) is 4.74. The first-order valence-corrected chi connectivity index (χ1v) is 6.44. The molecule has 108 valence electrons. The molecule has 0 aromatic heterocycles. The molecule has 0 unspecified atom stereocenters. The predicted octanol–water partition coefficient (Wildman–Crippen LogP) is 0.699. The molecule has 1 aliphatic heterocycles. The number of carboxylic acid groups (broad SMARTS) is 1. The molecule has 2 atom stereocenters. The van der Waals surface area contributed by atoms with Crippen molar-refractivity contribution in [3.05, 3.63) is 30.1 Å². The fourth-order valence-electron chi connectivity index (χ4n) is 2.23. The highest BCUT2D eigenvalue weighted by Crippen LogP contribution is 2.23. The van der Waals surface area contributed by atoms with Crippen molar-refractivity contribution in [1.82, 2.24) is 0 Å². The average Bonchev–Trinajstić information content (AvgIpc) is 2.92. The molecule has 1 aromatic carbocycles. The normalized spacial score (nSPS) is 19.6. The first-order chi connectivity index (χ1) is 9.56. The van der Waals surface area contributed by atoms with E-state index in [1.807, 2.05) is 0 Å². The summed E-state index contributed by atoms with van der Waals surface area (Å²) >= 11 is 0. The average molecular weight is 280 g/mol. The molecule has 5 nitrogen and oxygen atoms in total. The number of ether oxygens (including phenoxy) is 1. The number of hydrogen-bond acceptors (Lipinski definition) is 4. The van der Waals surface area contributed by atoms with Crippen LogP contribution in [-0.4, -0.2) is 24.6 Å². The van der Waals surface area contributed by atoms with Crippen LogP contribution < -0.4 is 10.4 Å². The Balaban J connectivity index is 1.94. The molecule has 0 bridgehead atoms. The lowest BCUT2D eigenvalue weighted by Crippen LogP contribution is -2.40. The first-order valence-electron chi connectivity index (χ1n) is 6.44. The third kappa shape index (κ3) is 3.77. The minimum Gasteiger partial charge on any atom is -0.550 e. The Morgan fingerprint density at radius 3 is 2.65 bits per heavy atom. The SMILES string of the molecule is O=C(C[C@H](C(=O)[O-])[C@@H]1CCCO1)Nc1ccc(F)cc1. The summed E-state index contributed by atoms with van der Waals surface area (Å²) < 4.78 is 18.0. The van der Waals surface area contributed by atoms with Gasteiger partial charge in [0.05, 0.1) is 6.10 Å². The number of amides is 1. The third-order valence-corrected chi connectivity index (χ3v) is 3.25. The highest BCUT2D eigenvalue weighted by Gasteiger charge is 2.28. The van der Waals surface area contributed by atoms with Crippen LogP contribution in [0, 0.1) is 11.7 Å². The van der Waals surface area contributed by atoms with Crippen molar-refractivity contribution >= 4 is 17.6 Å². The molecular weight excluding hydrogens is 265 g/mol. The molecule has 0 spiro atoms. The minimum atomic E-state index is -1.29. The number of halogens is 1. The highest BCUT2D eigenvalue weighted by molar-refractivity contribution is 5.93. The second-order valence-corrected chi connectivity index (χ2v) is 4.74. The Kier molecular flexibility index (Phi) is 4.68. The number of aliphatic carboxylic acids is 1.